The van der Waals surface area contributed by atoms with E-state index in [9.17, 15) is 13.2 Å². The number of nitrogens with one attached hydrogen (secondary N) is 1. The first-order valence-electron chi connectivity index (χ1n) is 6.45. The quantitative estimate of drug-likeness (QED) is 0.835. The number of sulfonamides is 1. The summed E-state index contributed by atoms with van der Waals surface area (Å²) in [5, 5.41) is 0. The molecule has 1 amide bonds. The normalized spacial score (nSPS) is 12.6. The van der Waals surface area contributed by atoms with E-state index in [-0.39, 0.29) is 10.6 Å². The molecule has 0 aliphatic rings. The predicted molar refractivity (Wildman–Crippen MR) is 81.7 cm³/mol. The minimum atomic E-state index is -3.97. The number of rotatable bonds is 6. The van der Waals surface area contributed by atoms with Crippen LogP contribution >= 0.6 is 0 Å². The van der Waals surface area contributed by atoms with Crippen molar-refractivity contribution in [1.29, 1.82) is 0 Å². The lowest BCUT2D eigenvalue weighted by molar-refractivity contribution is -0.119. The van der Waals surface area contributed by atoms with Crippen molar-refractivity contribution in [2.75, 3.05) is 7.11 Å². The third-order valence-corrected chi connectivity index (χ3v) is 4.51. The second-order valence-electron chi connectivity index (χ2n) is 4.52. The molecule has 1 unspecified atom stereocenters. The van der Waals surface area contributed by atoms with Gasteiger partial charge in [0.25, 0.3) is 0 Å². The van der Waals surface area contributed by atoms with Crippen molar-refractivity contribution in [3.05, 3.63) is 60.2 Å². The van der Waals surface area contributed by atoms with Crippen molar-refractivity contribution in [1.82, 2.24) is 4.72 Å². The summed E-state index contributed by atoms with van der Waals surface area (Å²) in [7, 11) is -2.60. The Morgan fingerprint density at radius 2 is 1.68 bits per heavy atom. The van der Waals surface area contributed by atoms with Gasteiger partial charge in [-0.15, -0.1) is 0 Å². The number of ether oxygens (including phenoxy) is 1. The Balaban J connectivity index is 2.39. The van der Waals surface area contributed by atoms with E-state index in [0.717, 1.165) is 0 Å². The van der Waals surface area contributed by atoms with Crippen molar-refractivity contribution in [2.45, 2.75) is 10.9 Å². The second kappa shape index (κ2) is 6.59. The molecule has 0 fully saturated rings. The average molecular weight is 320 g/mol. The molecule has 0 bridgehead atoms. The molecular formula is C15H16N2O4S. The fraction of sp³-hybridized carbons (Fsp3) is 0.133. The van der Waals surface area contributed by atoms with Crippen LogP contribution in [-0.4, -0.2) is 21.4 Å². The van der Waals surface area contributed by atoms with Gasteiger partial charge in [-0.1, -0.05) is 42.5 Å². The summed E-state index contributed by atoms with van der Waals surface area (Å²) in [4.78, 5) is 11.6. The summed E-state index contributed by atoms with van der Waals surface area (Å²) in [6.45, 7) is 0. The zero-order valence-corrected chi connectivity index (χ0v) is 12.7. The lowest BCUT2D eigenvalue weighted by atomic mass is 10.1. The van der Waals surface area contributed by atoms with Gasteiger partial charge in [0.2, 0.25) is 15.9 Å². The molecule has 0 saturated heterocycles. The number of methoxy groups -OCH3 is 1. The number of carbonyl (C=O) groups is 1. The summed E-state index contributed by atoms with van der Waals surface area (Å²) < 4.78 is 32.4. The number of benzene rings is 2. The predicted octanol–water partition coefficient (Wildman–Crippen LogP) is 1.20. The fourth-order valence-electron chi connectivity index (χ4n) is 2.00. The SMILES string of the molecule is COc1ccccc1S(=O)(=O)NC(C(N)=O)c1ccccc1. The summed E-state index contributed by atoms with van der Waals surface area (Å²) in [6, 6.07) is 13.4. The van der Waals surface area contributed by atoms with Gasteiger partial charge in [0.1, 0.15) is 16.7 Å². The molecule has 2 aromatic rings. The Morgan fingerprint density at radius 3 is 2.27 bits per heavy atom. The van der Waals surface area contributed by atoms with Crippen LogP contribution in [-0.2, 0) is 14.8 Å². The highest BCUT2D eigenvalue weighted by molar-refractivity contribution is 7.89. The summed E-state index contributed by atoms with van der Waals surface area (Å²) in [5.74, 6) is -0.601. The van der Waals surface area contributed by atoms with Gasteiger partial charge in [0.15, 0.2) is 0 Å². The Hall–Kier alpha value is -2.38. The number of nitrogens with two attached hydrogens (primary N) is 1. The van der Waals surface area contributed by atoms with E-state index >= 15 is 0 Å². The highest BCUT2D eigenvalue weighted by Gasteiger charge is 2.27. The van der Waals surface area contributed by atoms with Gasteiger partial charge in [-0.3, -0.25) is 4.79 Å². The first-order chi connectivity index (χ1) is 10.5. The molecule has 2 aromatic carbocycles. The van der Waals surface area contributed by atoms with Gasteiger partial charge < -0.3 is 10.5 Å². The van der Waals surface area contributed by atoms with Crippen molar-refractivity contribution >= 4 is 15.9 Å². The third-order valence-electron chi connectivity index (χ3n) is 3.05. The number of amides is 1. The molecule has 0 aromatic heterocycles. The zero-order chi connectivity index (χ0) is 16.2. The lowest BCUT2D eigenvalue weighted by Gasteiger charge is -2.17. The van der Waals surface area contributed by atoms with E-state index in [4.69, 9.17) is 10.5 Å². The summed E-state index contributed by atoms with van der Waals surface area (Å²) in [6.07, 6.45) is 0. The molecule has 3 N–H and O–H groups in total. The number of carbonyl (C=O) groups excluding carboxylic acids is 1. The fourth-order valence-corrected chi connectivity index (χ4v) is 3.36. The standard InChI is InChI=1S/C15H16N2O4S/c1-21-12-9-5-6-10-13(12)22(19,20)17-14(15(16)18)11-7-3-2-4-8-11/h2-10,14,17H,1H3,(H2,16,18). The topological polar surface area (TPSA) is 98.5 Å². The van der Waals surface area contributed by atoms with E-state index < -0.39 is 22.0 Å². The van der Waals surface area contributed by atoms with Crippen LogP contribution in [0.5, 0.6) is 5.75 Å². The monoisotopic (exact) mass is 320 g/mol. The van der Waals surface area contributed by atoms with E-state index in [1.54, 1.807) is 42.5 Å². The molecule has 0 aliphatic heterocycles. The Labute approximate surface area is 129 Å². The maximum Gasteiger partial charge on any atom is 0.245 e. The van der Waals surface area contributed by atoms with Crippen LogP contribution in [0, 0.1) is 0 Å². The molecule has 22 heavy (non-hydrogen) atoms. The molecule has 0 spiro atoms. The number of primary amides is 1. The van der Waals surface area contributed by atoms with Crippen LogP contribution in [0.3, 0.4) is 0 Å². The number of hydrogen-bond donors (Lipinski definition) is 2. The van der Waals surface area contributed by atoms with Crippen LogP contribution < -0.4 is 15.2 Å². The Kier molecular flexibility index (Phi) is 4.79. The molecule has 2 rings (SSSR count). The Bertz CT molecular complexity index is 760. The maximum atomic E-state index is 12.5. The van der Waals surface area contributed by atoms with Gasteiger partial charge in [0, 0.05) is 0 Å². The molecule has 0 aliphatic carbocycles. The van der Waals surface area contributed by atoms with E-state index in [1.165, 1.54) is 19.2 Å². The van der Waals surface area contributed by atoms with Crippen molar-refractivity contribution in [3.63, 3.8) is 0 Å². The van der Waals surface area contributed by atoms with Crippen LogP contribution in [0.4, 0.5) is 0 Å². The van der Waals surface area contributed by atoms with E-state index in [2.05, 4.69) is 4.72 Å². The van der Waals surface area contributed by atoms with Crippen LogP contribution in [0.1, 0.15) is 11.6 Å². The molecule has 116 valence electrons. The average Bonchev–Trinajstić information content (AvgIpc) is 2.53. The summed E-state index contributed by atoms with van der Waals surface area (Å²) in [5.41, 5.74) is 5.79. The highest BCUT2D eigenvalue weighted by atomic mass is 32.2. The maximum absolute atomic E-state index is 12.5. The molecule has 7 heteroatoms. The van der Waals surface area contributed by atoms with Gasteiger partial charge in [0.05, 0.1) is 7.11 Å². The first-order valence-corrected chi connectivity index (χ1v) is 7.93. The second-order valence-corrected chi connectivity index (χ2v) is 6.20. The van der Waals surface area contributed by atoms with Crippen molar-refractivity contribution < 1.29 is 17.9 Å². The molecule has 6 nitrogen and oxygen atoms in total. The van der Waals surface area contributed by atoms with Crippen molar-refractivity contribution in [2.24, 2.45) is 5.73 Å². The molecular weight excluding hydrogens is 304 g/mol. The molecule has 0 heterocycles. The van der Waals surface area contributed by atoms with E-state index in [1.807, 2.05) is 0 Å². The number of para-hydroxylation sites is 1. The van der Waals surface area contributed by atoms with Gasteiger partial charge in [-0.05, 0) is 17.7 Å². The van der Waals surface area contributed by atoms with Crippen LogP contribution in [0.2, 0.25) is 0 Å². The Morgan fingerprint density at radius 1 is 1.09 bits per heavy atom. The van der Waals surface area contributed by atoms with Gasteiger partial charge >= 0.3 is 0 Å². The van der Waals surface area contributed by atoms with Crippen LogP contribution in [0.25, 0.3) is 0 Å². The minimum Gasteiger partial charge on any atom is -0.495 e. The van der Waals surface area contributed by atoms with Gasteiger partial charge in [-0.2, -0.15) is 4.72 Å². The van der Waals surface area contributed by atoms with E-state index in [0.29, 0.717) is 5.56 Å². The minimum absolute atomic E-state index is 0.0559. The molecule has 0 radical (unpaired) electrons. The largest absolute Gasteiger partial charge is 0.495 e. The third kappa shape index (κ3) is 3.44. The smallest absolute Gasteiger partial charge is 0.245 e. The molecule has 1 atom stereocenters. The highest BCUT2D eigenvalue weighted by Crippen LogP contribution is 2.24. The summed E-state index contributed by atoms with van der Waals surface area (Å²) >= 11 is 0. The van der Waals surface area contributed by atoms with Gasteiger partial charge in [-0.25, -0.2) is 8.42 Å². The first kappa shape index (κ1) is 16.0. The van der Waals surface area contributed by atoms with Crippen molar-refractivity contribution in [3.8, 4) is 5.75 Å². The lowest BCUT2D eigenvalue weighted by Crippen LogP contribution is -2.37. The zero-order valence-electron chi connectivity index (χ0n) is 11.9. The number of hydrogen-bond acceptors (Lipinski definition) is 4. The van der Waals surface area contributed by atoms with Crippen LogP contribution in [0.15, 0.2) is 59.5 Å². The molecule has 0 saturated carbocycles.